The summed E-state index contributed by atoms with van der Waals surface area (Å²) < 4.78 is 13.5. The highest BCUT2D eigenvalue weighted by molar-refractivity contribution is 5.78. The number of carbonyl (C=O) groups is 1. The third kappa shape index (κ3) is 4.84. The third-order valence-corrected chi connectivity index (χ3v) is 2.79. The van der Waals surface area contributed by atoms with Crippen molar-refractivity contribution in [3.63, 3.8) is 0 Å². The Hall–Kier alpha value is -1.42. The van der Waals surface area contributed by atoms with Gasteiger partial charge in [-0.3, -0.25) is 4.79 Å². The van der Waals surface area contributed by atoms with E-state index < -0.39 is 0 Å². The molecule has 0 aromatic heterocycles. The van der Waals surface area contributed by atoms with Crippen LogP contribution >= 0.6 is 0 Å². The lowest BCUT2D eigenvalue weighted by atomic mass is 9.95. The molecule has 0 bridgehead atoms. The molecule has 0 saturated heterocycles. The number of carbonyl (C=O) groups excluding carboxylic acids is 1. The number of amides is 1. The first-order chi connectivity index (χ1) is 8.44. The second-order valence-corrected chi connectivity index (χ2v) is 5.05. The lowest BCUT2D eigenvalue weighted by molar-refractivity contribution is -0.121. The van der Waals surface area contributed by atoms with Crippen LogP contribution in [0.2, 0.25) is 0 Å². The van der Waals surface area contributed by atoms with Gasteiger partial charge in [-0.2, -0.15) is 0 Å². The average molecular weight is 252 g/mol. The van der Waals surface area contributed by atoms with Crippen LogP contribution in [0.15, 0.2) is 24.3 Å². The Bertz CT molecular complexity index is 405. The molecule has 0 aliphatic rings. The van der Waals surface area contributed by atoms with Gasteiger partial charge in [0, 0.05) is 5.54 Å². The van der Waals surface area contributed by atoms with Gasteiger partial charge in [0.2, 0.25) is 5.91 Å². The number of benzene rings is 1. The quantitative estimate of drug-likeness (QED) is 0.811. The summed E-state index contributed by atoms with van der Waals surface area (Å²) in [5.74, 6) is -0.231. The summed E-state index contributed by atoms with van der Waals surface area (Å²) >= 11 is 0. The van der Waals surface area contributed by atoms with Crippen LogP contribution in [0.4, 0.5) is 4.39 Å². The van der Waals surface area contributed by atoms with Gasteiger partial charge in [0.25, 0.3) is 0 Å². The number of rotatable bonds is 6. The van der Waals surface area contributed by atoms with Gasteiger partial charge >= 0.3 is 0 Å². The lowest BCUT2D eigenvalue weighted by Crippen LogP contribution is -2.46. The van der Waals surface area contributed by atoms with E-state index in [-0.39, 0.29) is 17.3 Å². The number of halogens is 1. The van der Waals surface area contributed by atoms with Crippen LogP contribution in [0.25, 0.3) is 0 Å². The Morgan fingerprint density at radius 1 is 1.33 bits per heavy atom. The van der Waals surface area contributed by atoms with Crippen LogP contribution in [-0.4, -0.2) is 25.0 Å². The van der Waals surface area contributed by atoms with Gasteiger partial charge in [0.05, 0.1) is 6.54 Å². The van der Waals surface area contributed by atoms with Crippen LogP contribution in [0.3, 0.4) is 0 Å². The highest BCUT2D eigenvalue weighted by atomic mass is 19.1. The fourth-order valence-electron chi connectivity index (χ4n) is 1.79. The molecule has 3 nitrogen and oxygen atoms in total. The average Bonchev–Trinajstić information content (AvgIpc) is 2.27. The van der Waals surface area contributed by atoms with Gasteiger partial charge in [0.15, 0.2) is 0 Å². The molecule has 0 fully saturated rings. The molecule has 1 aromatic rings. The Morgan fingerprint density at radius 3 is 2.61 bits per heavy atom. The van der Waals surface area contributed by atoms with E-state index in [1.807, 2.05) is 19.9 Å². The largest absolute Gasteiger partial charge is 0.350 e. The first kappa shape index (κ1) is 14.6. The van der Waals surface area contributed by atoms with E-state index >= 15 is 0 Å². The molecule has 0 radical (unpaired) electrons. The molecule has 0 atom stereocenters. The molecule has 2 N–H and O–H groups in total. The molecule has 18 heavy (non-hydrogen) atoms. The molecule has 0 aliphatic carbocycles. The predicted octanol–water partition coefficient (Wildman–Crippen LogP) is 1.87. The molecule has 0 heterocycles. The molecule has 1 amide bonds. The van der Waals surface area contributed by atoms with E-state index in [1.54, 1.807) is 19.2 Å². The summed E-state index contributed by atoms with van der Waals surface area (Å²) in [5, 5.41) is 5.72. The van der Waals surface area contributed by atoms with Crippen molar-refractivity contribution in [2.45, 2.75) is 32.2 Å². The van der Waals surface area contributed by atoms with Crippen molar-refractivity contribution >= 4 is 5.91 Å². The molecule has 100 valence electrons. The second kappa shape index (κ2) is 6.50. The molecule has 0 saturated carbocycles. The fraction of sp³-hybridized carbons (Fsp3) is 0.500. The normalized spacial score (nSPS) is 11.3. The number of hydrogen-bond acceptors (Lipinski definition) is 2. The SMILES string of the molecule is CNCC(=O)NC(C)(C)CCc1ccccc1F. The van der Waals surface area contributed by atoms with E-state index in [0.717, 1.165) is 0 Å². The number of nitrogens with one attached hydrogen (secondary N) is 2. The Balaban J connectivity index is 2.51. The molecule has 1 aromatic carbocycles. The van der Waals surface area contributed by atoms with Gasteiger partial charge in [0.1, 0.15) is 5.82 Å². The standard InChI is InChI=1S/C14H21FN2O/c1-14(2,17-13(18)10-16-3)9-8-11-6-4-5-7-12(11)15/h4-7,16H,8-10H2,1-3H3,(H,17,18). The molecule has 0 spiro atoms. The zero-order valence-corrected chi connectivity index (χ0v) is 11.2. The number of hydrogen-bond donors (Lipinski definition) is 2. The maximum atomic E-state index is 13.5. The lowest BCUT2D eigenvalue weighted by Gasteiger charge is -2.26. The van der Waals surface area contributed by atoms with Crippen LogP contribution in [0, 0.1) is 5.82 Å². The molecule has 0 aliphatic heterocycles. The van der Waals surface area contributed by atoms with E-state index in [2.05, 4.69) is 10.6 Å². The molecule has 4 heteroatoms. The van der Waals surface area contributed by atoms with Crippen molar-refractivity contribution in [3.8, 4) is 0 Å². The van der Waals surface area contributed by atoms with Gasteiger partial charge in [-0.05, 0) is 45.4 Å². The topological polar surface area (TPSA) is 41.1 Å². The molecular weight excluding hydrogens is 231 g/mol. The smallest absolute Gasteiger partial charge is 0.234 e. The second-order valence-electron chi connectivity index (χ2n) is 5.05. The van der Waals surface area contributed by atoms with Crippen LogP contribution in [0.1, 0.15) is 25.8 Å². The van der Waals surface area contributed by atoms with E-state index in [9.17, 15) is 9.18 Å². The van der Waals surface area contributed by atoms with Crippen molar-refractivity contribution in [2.75, 3.05) is 13.6 Å². The van der Waals surface area contributed by atoms with Crippen molar-refractivity contribution in [1.29, 1.82) is 0 Å². The third-order valence-electron chi connectivity index (χ3n) is 2.79. The zero-order valence-electron chi connectivity index (χ0n) is 11.2. The van der Waals surface area contributed by atoms with Gasteiger partial charge in [-0.1, -0.05) is 18.2 Å². The van der Waals surface area contributed by atoms with Crippen LogP contribution in [-0.2, 0) is 11.2 Å². The van der Waals surface area contributed by atoms with E-state index in [1.165, 1.54) is 6.07 Å². The minimum atomic E-state index is -0.337. The highest BCUT2D eigenvalue weighted by Gasteiger charge is 2.20. The maximum Gasteiger partial charge on any atom is 0.234 e. The maximum absolute atomic E-state index is 13.5. The minimum Gasteiger partial charge on any atom is -0.350 e. The van der Waals surface area contributed by atoms with E-state index in [0.29, 0.717) is 24.9 Å². The van der Waals surface area contributed by atoms with Crippen molar-refractivity contribution in [2.24, 2.45) is 0 Å². The van der Waals surface area contributed by atoms with Gasteiger partial charge in [-0.15, -0.1) is 0 Å². The van der Waals surface area contributed by atoms with Crippen LogP contribution in [0.5, 0.6) is 0 Å². The van der Waals surface area contributed by atoms with Crippen molar-refractivity contribution in [3.05, 3.63) is 35.6 Å². The highest BCUT2D eigenvalue weighted by Crippen LogP contribution is 2.15. The summed E-state index contributed by atoms with van der Waals surface area (Å²) in [6.45, 7) is 4.19. The number of aryl methyl sites for hydroxylation is 1. The Morgan fingerprint density at radius 2 is 2.00 bits per heavy atom. The van der Waals surface area contributed by atoms with Crippen molar-refractivity contribution in [1.82, 2.24) is 10.6 Å². The monoisotopic (exact) mass is 252 g/mol. The minimum absolute atomic E-state index is 0.0453. The van der Waals surface area contributed by atoms with Crippen LogP contribution < -0.4 is 10.6 Å². The zero-order chi connectivity index (χ0) is 13.6. The summed E-state index contributed by atoms with van der Waals surface area (Å²) in [5.41, 5.74) is 0.351. The predicted molar refractivity (Wildman–Crippen MR) is 70.9 cm³/mol. The van der Waals surface area contributed by atoms with Gasteiger partial charge < -0.3 is 10.6 Å². The first-order valence-electron chi connectivity index (χ1n) is 6.13. The van der Waals surface area contributed by atoms with E-state index in [4.69, 9.17) is 0 Å². The Kier molecular flexibility index (Phi) is 5.28. The first-order valence-corrected chi connectivity index (χ1v) is 6.13. The van der Waals surface area contributed by atoms with Gasteiger partial charge in [-0.25, -0.2) is 4.39 Å². The van der Waals surface area contributed by atoms with Crippen molar-refractivity contribution < 1.29 is 9.18 Å². The summed E-state index contributed by atoms with van der Waals surface area (Å²) in [6.07, 6.45) is 1.31. The summed E-state index contributed by atoms with van der Waals surface area (Å²) in [4.78, 5) is 11.5. The molecule has 1 rings (SSSR count). The molecule has 0 unspecified atom stereocenters. The summed E-state index contributed by atoms with van der Waals surface area (Å²) in [6, 6.07) is 6.74. The molecular formula is C14H21FN2O. The fourth-order valence-corrected chi connectivity index (χ4v) is 1.79. The number of likely N-dealkylation sites (N-methyl/N-ethyl adjacent to an activating group) is 1. The Labute approximate surface area is 108 Å². The summed E-state index contributed by atoms with van der Waals surface area (Å²) in [7, 11) is 1.73.